The minimum atomic E-state index is -0.432. The standard InChI is InChI=1S/C9H11N5O2/c1-12(2)6-9-11-10-8-4-3-7(14(15)16)5-13(8)9/h3-5H,6H2,1-2H3. The maximum absolute atomic E-state index is 10.6. The number of fused-ring (bicyclic) bond motifs is 1. The van der Waals surface area contributed by atoms with Gasteiger partial charge in [0.1, 0.15) is 0 Å². The Morgan fingerprint density at radius 1 is 1.44 bits per heavy atom. The molecule has 0 aliphatic carbocycles. The van der Waals surface area contributed by atoms with Crippen LogP contribution < -0.4 is 0 Å². The molecule has 0 atom stereocenters. The molecule has 2 aromatic rings. The maximum Gasteiger partial charge on any atom is 0.286 e. The molecule has 0 saturated heterocycles. The van der Waals surface area contributed by atoms with Gasteiger partial charge in [-0.15, -0.1) is 10.2 Å². The van der Waals surface area contributed by atoms with Crippen molar-refractivity contribution in [3.05, 3.63) is 34.3 Å². The Hall–Kier alpha value is -2.02. The molecule has 7 nitrogen and oxygen atoms in total. The molecule has 0 aromatic carbocycles. The molecule has 7 heteroatoms. The molecular weight excluding hydrogens is 210 g/mol. The van der Waals surface area contributed by atoms with Crippen molar-refractivity contribution in [2.75, 3.05) is 14.1 Å². The fourth-order valence-corrected chi connectivity index (χ4v) is 1.43. The lowest BCUT2D eigenvalue weighted by molar-refractivity contribution is -0.385. The predicted molar refractivity (Wildman–Crippen MR) is 57.0 cm³/mol. The van der Waals surface area contributed by atoms with Gasteiger partial charge in [0.05, 0.1) is 17.7 Å². The van der Waals surface area contributed by atoms with Crippen LogP contribution in [0.1, 0.15) is 5.82 Å². The van der Waals surface area contributed by atoms with E-state index in [9.17, 15) is 10.1 Å². The summed E-state index contributed by atoms with van der Waals surface area (Å²) in [7, 11) is 3.80. The summed E-state index contributed by atoms with van der Waals surface area (Å²) < 4.78 is 1.64. The van der Waals surface area contributed by atoms with Gasteiger partial charge in [0.25, 0.3) is 5.69 Å². The second-order valence-corrected chi connectivity index (χ2v) is 3.73. The fourth-order valence-electron chi connectivity index (χ4n) is 1.43. The molecule has 0 amide bonds. The van der Waals surface area contributed by atoms with Crippen LogP contribution in [0.5, 0.6) is 0 Å². The van der Waals surface area contributed by atoms with E-state index in [1.165, 1.54) is 12.3 Å². The number of nitro groups is 1. The maximum atomic E-state index is 10.6. The Morgan fingerprint density at radius 2 is 2.19 bits per heavy atom. The molecular formula is C9H11N5O2. The molecule has 16 heavy (non-hydrogen) atoms. The number of nitrogens with zero attached hydrogens (tertiary/aromatic N) is 5. The van der Waals surface area contributed by atoms with Crippen LogP contribution in [0.2, 0.25) is 0 Å². The normalized spacial score (nSPS) is 11.2. The van der Waals surface area contributed by atoms with Gasteiger partial charge < -0.3 is 4.90 Å². The average Bonchev–Trinajstić information content (AvgIpc) is 2.60. The topological polar surface area (TPSA) is 76.6 Å². The SMILES string of the molecule is CN(C)Cc1nnc2ccc([N+](=O)[O-])cn12. The van der Waals surface area contributed by atoms with E-state index < -0.39 is 4.92 Å². The highest BCUT2D eigenvalue weighted by Crippen LogP contribution is 2.13. The second-order valence-electron chi connectivity index (χ2n) is 3.73. The Balaban J connectivity index is 2.51. The first-order chi connectivity index (χ1) is 7.58. The summed E-state index contributed by atoms with van der Waals surface area (Å²) in [4.78, 5) is 12.1. The van der Waals surface area contributed by atoms with Gasteiger partial charge in [-0.1, -0.05) is 0 Å². The minimum Gasteiger partial charge on any atom is -0.302 e. The van der Waals surface area contributed by atoms with Gasteiger partial charge in [-0.3, -0.25) is 14.5 Å². The van der Waals surface area contributed by atoms with E-state index in [1.54, 1.807) is 10.5 Å². The highest BCUT2D eigenvalue weighted by molar-refractivity contribution is 5.43. The second kappa shape index (κ2) is 3.86. The third-order valence-electron chi connectivity index (χ3n) is 2.13. The van der Waals surface area contributed by atoms with E-state index in [4.69, 9.17) is 0 Å². The van der Waals surface area contributed by atoms with E-state index >= 15 is 0 Å². The molecule has 0 radical (unpaired) electrons. The fraction of sp³-hybridized carbons (Fsp3) is 0.333. The highest BCUT2D eigenvalue weighted by Gasteiger charge is 2.11. The lowest BCUT2D eigenvalue weighted by Crippen LogP contribution is -2.13. The first-order valence-corrected chi connectivity index (χ1v) is 4.70. The van der Waals surface area contributed by atoms with Crippen molar-refractivity contribution in [3.63, 3.8) is 0 Å². The zero-order valence-electron chi connectivity index (χ0n) is 8.99. The molecule has 0 saturated carbocycles. The van der Waals surface area contributed by atoms with Crippen molar-refractivity contribution in [1.82, 2.24) is 19.5 Å². The van der Waals surface area contributed by atoms with Gasteiger partial charge in [0.15, 0.2) is 11.5 Å². The average molecular weight is 221 g/mol. The number of hydrogen-bond acceptors (Lipinski definition) is 5. The number of pyridine rings is 1. The predicted octanol–water partition coefficient (Wildman–Crippen LogP) is 0.699. The van der Waals surface area contributed by atoms with Crippen molar-refractivity contribution in [1.29, 1.82) is 0 Å². The van der Waals surface area contributed by atoms with Crippen molar-refractivity contribution in [2.24, 2.45) is 0 Å². The van der Waals surface area contributed by atoms with Crippen LogP contribution in [0.15, 0.2) is 18.3 Å². The molecule has 0 aliphatic heterocycles. The van der Waals surface area contributed by atoms with Gasteiger partial charge in [0.2, 0.25) is 0 Å². The Labute approximate surface area is 91.5 Å². The van der Waals surface area contributed by atoms with Crippen molar-refractivity contribution in [2.45, 2.75) is 6.54 Å². The molecule has 2 aromatic heterocycles. The van der Waals surface area contributed by atoms with Crippen LogP contribution in [-0.2, 0) is 6.54 Å². The third-order valence-corrected chi connectivity index (χ3v) is 2.13. The van der Waals surface area contributed by atoms with Gasteiger partial charge in [-0.2, -0.15) is 0 Å². The molecule has 0 N–H and O–H groups in total. The quantitative estimate of drug-likeness (QED) is 0.563. The van der Waals surface area contributed by atoms with Gasteiger partial charge in [-0.05, 0) is 20.2 Å². The largest absolute Gasteiger partial charge is 0.302 e. The molecule has 2 heterocycles. The van der Waals surface area contributed by atoms with Gasteiger partial charge >= 0.3 is 0 Å². The monoisotopic (exact) mass is 221 g/mol. The Bertz CT molecular complexity index is 534. The van der Waals surface area contributed by atoms with Crippen LogP contribution in [0, 0.1) is 10.1 Å². The smallest absolute Gasteiger partial charge is 0.286 e. The van der Waals surface area contributed by atoms with Gasteiger partial charge in [-0.25, -0.2) is 0 Å². The first kappa shape index (κ1) is 10.5. The minimum absolute atomic E-state index is 0.0345. The van der Waals surface area contributed by atoms with E-state index in [2.05, 4.69) is 10.2 Å². The number of aromatic nitrogens is 3. The zero-order chi connectivity index (χ0) is 11.7. The summed E-state index contributed by atoms with van der Waals surface area (Å²) in [6, 6.07) is 3.01. The lowest BCUT2D eigenvalue weighted by Gasteiger charge is -2.06. The summed E-state index contributed by atoms with van der Waals surface area (Å²) >= 11 is 0. The van der Waals surface area contributed by atoms with Crippen molar-refractivity contribution < 1.29 is 4.92 Å². The summed E-state index contributed by atoms with van der Waals surface area (Å²) in [5.41, 5.74) is 0.648. The molecule has 0 bridgehead atoms. The molecule has 2 rings (SSSR count). The first-order valence-electron chi connectivity index (χ1n) is 4.70. The van der Waals surface area contributed by atoms with E-state index in [-0.39, 0.29) is 5.69 Å². The third kappa shape index (κ3) is 1.84. The van der Waals surface area contributed by atoms with Crippen molar-refractivity contribution in [3.8, 4) is 0 Å². The molecule has 0 spiro atoms. The number of hydrogen-bond donors (Lipinski definition) is 0. The summed E-state index contributed by atoms with van der Waals surface area (Å²) in [5.74, 6) is 0.684. The molecule has 0 unspecified atom stereocenters. The van der Waals surface area contributed by atoms with Crippen LogP contribution in [0.3, 0.4) is 0 Å². The summed E-state index contributed by atoms with van der Waals surface area (Å²) in [6.45, 7) is 0.586. The van der Waals surface area contributed by atoms with Crippen molar-refractivity contribution >= 4 is 11.3 Å². The van der Waals surface area contributed by atoms with E-state index in [1.807, 2.05) is 19.0 Å². The van der Waals surface area contributed by atoms with Gasteiger partial charge in [0, 0.05) is 6.07 Å². The van der Waals surface area contributed by atoms with E-state index in [0.717, 1.165) is 0 Å². The molecule has 84 valence electrons. The van der Waals surface area contributed by atoms with Crippen LogP contribution in [0.4, 0.5) is 5.69 Å². The van der Waals surface area contributed by atoms with Crippen LogP contribution >= 0.6 is 0 Å². The lowest BCUT2D eigenvalue weighted by atomic mass is 10.4. The molecule has 0 fully saturated rings. The highest BCUT2D eigenvalue weighted by atomic mass is 16.6. The van der Waals surface area contributed by atoms with E-state index in [0.29, 0.717) is 18.0 Å². The Kier molecular flexibility index (Phi) is 2.53. The Morgan fingerprint density at radius 3 is 2.81 bits per heavy atom. The van der Waals surface area contributed by atoms with Crippen LogP contribution in [-0.4, -0.2) is 38.5 Å². The number of rotatable bonds is 3. The summed E-state index contributed by atoms with van der Waals surface area (Å²) in [6.07, 6.45) is 1.44. The molecule has 0 aliphatic rings. The summed E-state index contributed by atoms with van der Waals surface area (Å²) in [5, 5.41) is 18.6. The van der Waals surface area contributed by atoms with Crippen LogP contribution in [0.25, 0.3) is 5.65 Å². The zero-order valence-corrected chi connectivity index (χ0v) is 8.99.